The van der Waals surface area contributed by atoms with E-state index in [0.717, 1.165) is 0 Å². The minimum Gasteiger partial charge on any atom is -0.354 e. The van der Waals surface area contributed by atoms with Crippen LogP contribution < -0.4 is 5.32 Å². The van der Waals surface area contributed by atoms with Crippen molar-refractivity contribution in [3.05, 3.63) is 52.0 Å². The maximum Gasteiger partial charge on any atom is 0.416 e. The molecule has 3 rings (SSSR count). The van der Waals surface area contributed by atoms with Gasteiger partial charge in [-0.05, 0) is 36.4 Å². The van der Waals surface area contributed by atoms with Gasteiger partial charge in [-0.25, -0.2) is 0 Å². The lowest BCUT2D eigenvalue weighted by molar-refractivity contribution is -0.143. The number of aromatic nitrogens is 1. The van der Waals surface area contributed by atoms with Gasteiger partial charge in [-0.2, -0.15) is 26.3 Å². The summed E-state index contributed by atoms with van der Waals surface area (Å²) in [4.78, 5) is 0. The number of rotatable bonds is 2. The van der Waals surface area contributed by atoms with Crippen LogP contribution in [0.1, 0.15) is 11.1 Å². The van der Waals surface area contributed by atoms with Crippen LogP contribution in [0.5, 0.6) is 0 Å². The largest absolute Gasteiger partial charge is 0.416 e. The van der Waals surface area contributed by atoms with Crippen molar-refractivity contribution in [2.75, 3.05) is 5.32 Å². The minimum absolute atomic E-state index is 0.00921. The fraction of sp³-hybridized carbons (Fsp3) is 0.133. The average Bonchev–Trinajstić information content (AvgIpc) is 2.87. The second-order valence-corrected chi connectivity index (χ2v) is 6.01. The summed E-state index contributed by atoms with van der Waals surface area (Å²) in [5.74, 6) is 0.00921. The lowest BCUT2D eigenvalue weighted by Crippen LogP contribution is -2.11. The van der Waals surface area contributed by atoms with E-state index >= 15 is 0 Å². The van der Waals surface area contributed by atoms with E-state index in [4.69, 9.17) is 4.52 Å². The van der Waals surface area contributed by atoms with E-state index in [9.17, 15) is 26.3 Å². The van der Waals surface area contributed by atoms with Crippen molar-refractivity contribution in [1.82, 2.24) is 5.16 Å². The summed E-state index contributed by atoms with van der Waals surface area (Å²) in [6.45, 7) is 0. The average molecular weight is 425 g/mol. The molecule has 0 saturated heterocycles. The molecule has 1 aromatic heterocycles. The first-order chi connectivity index (χ1) is 11.5. The second-order valence-electron chi connectivity index (χ2n) is 5.09. The third kappa shape index (κ3) is 3.73. The van der Waals surface area contributed by atoms with Gasteiger partial charge in [0, 0.05) is 10.2 Å². The molecule has 1 N–H and O–H groups in total. The highest BCUT2D eigenvalue weighted by Crippen LogP contribution is 2.38. The van der Waals surface area contributed by atoms with Crippen molar-refractivity contribution < 1.29 is 30.9 Å². The van der Waals surface area contributed by atoms with E-state index in [1.165, 1.54) is 0 Å². The molecule has 0 spiro atoms. The van der Waals surface area contributed by atoms with Crippen molar-refractivity contribution >= 4 is 38.4 Å². The van der Waals surface area contributed by atoms with E-state index in [1.54, 1.807) is 18.2 Å². The Bertz CT molecular complexity index is 900. The first-order valence-electron chi connectivity index (χ1n) is 6.65. The molecule has 0 atom stereocenters. The number of nitrogens with zero attached hydrogens (tertiary/aromatic N) is 1. The Labute approximate surface area is 144 Å². The summed E-state index contributed by atoms with van der Waals surface area (Å²) in [6, 6.07) is 5.99. The molecule has 0 unspecified atom stereocenters. The summed E-state index contributed by atoms with van der Waals surface area (Å²) in [7, 11) is 0. The molecule has 3 nitrogen and oxygen atoms in total. The SMILES string of the molecule is FC(F)(F)c1cc(Nc2noc3cc(Br)ccc23)cc(C(F)(F)F)c1. The van der Waals surface area contributed by atoms with Gasteiger partial charge in [0.1, 0.15) is 0 Å². The number of fused-ring (bicyclic) bond motifs is 1. The van der Waals surface area contributed by atoms with Crippen molar-refractivity contribution in [3.8, 4) is 0 Å². The molecule has 10 heteroatoms. The Morgan fingerprint density at radius 2 is 1.48 bits per heavy atom. The Balaban J connectivity index is 2.06. The molecule has 0 aliphatic heterocycles. The second kappa shape index (κ2) is 5.94. The monoisotopic (exact) mass is 424 g/mol. The van der Waals surface area contributed by atoms with Crippen molar-refractivity contribution in [2.24, 2.45) is 0 Å². The lowest BCUT2D eigenvalue weighted by atomic mass is 10.1. The standard InChI is InChI=1S/C15H7BrF6N2O/c16-9-1-2-11-12(6-9)25-24-13(11)23-10-4-7(14(17,18)19)3-8(5-10)15(20,21)22/h1-6H,(H,23,24). The molecule has 25 heavy (non-hydrogen) atoms. The summed E-state index contributed by atoms with van der Waals surface area (Å²) in [5, 5.41) is 6.51. The van der Waals surface area contributed by atoms with Crippen LogP contribution in [0.4, 0.5) is 37.8 Å². The van der Waals surface area contributed by atoms with E-state index in [-0.39, 0.29) is 11.9 Å². The number of alkyl halides is 6. The Kier molecular flexibility index (Phi) is 4.18. The molecule has 0 aliphatic rings. The molecular weight excluding hydrogens is 418 g/mol. The van der Waals surface area contributed by atoms with Crippen LogP contribution in [0.3, 0.4) is 0 Å². The molecule has 1 heterocycles. The maximum atomic E-state index is 12.9. The van der Waals surface area contributed by atoms with Crippen LogP contribution in [-0.4, -0.2) is 5.16 Å². The molecule has 0 aliphatic carbocycles. The number of nitrogens with one attached hydrogen (secondary N) is 1. The lowest BCUT2D eigenvalue weighted by Gasteiger charge is -2.14. The third-order valence-electron chi connectivity index (χ3n) is 3.28. The summed E-state index contributed by atoms with van der Waals surface area (Å²) in [5.41, 5.74) is -2.92. The number of anilines is 2. The fourth-order valence-electron chi connectivity index (χ4n) is 2.17. The third-order valence-corrected chi connectivity index (χ3v) is 3.78. The zero-order valence-corrected chi connectivity index (χ0v) is 13.6. The van der Waals surface area contributed by atoms with E-state index in [1.807, 2.05) is 0 Å². The maximum absolute atomic E-state index is 12.9. The van der Waals surface area contributed by atoms with E-state index in [2.05, 4.69) is 26.4 Å². The zero-order valence-electron chi connectivity index (χ0n) is 12.0. The molecule has 0 fully saturated rings. The van der Waals surface area contributed by atoms with Gasteiger partial charge in [0.05, 0.1) is 16.5 Å². The van der Waals surface area contributed by atoms with Gasteiger partial charge in [0.25, 0.3) is 0 Å². The molecule has 0 radical (unpaired) electrons. The van der Waals surface area contributed by atoms with Crippen LogP contribution in [0.25, 0.3) is 11.0 Å². The molecular formula is C15H7BrF6N2O. The number of benzene rings is 2. The van der Waals surface area contributed by atoms with Gasteiger partial charge in [-0.1, -0.05) is 21.1 Å². The summed E-state index contributed by atoms with van der Waals surface area (Å²) < 4.78 is 83.0. The molecule has 3 aromatic rings. The first-order valence-corrected chi connectivity index (χ1v) is 7.45. The highest BCUT2D eigenvalue weighted by Gasteiger charge is 2.37. The predicted octanol–water partition coefficient (Wildman–Crippen LogP) is 6.37. The van der Waals surface area contributed by atoms with Crippen molar-refractivity contribution in [1.29, 1.82) is 0 Å². The van der Waals surface area contributed by atoms with Gasteiger partial charge >= 0.3 is 12.4 Å². The van der Waals surface area contributed by atoms with Crippen molar-refractivity contribution in [3.63, 3.8) is 0 Å². The minimum atomic E-state index is -4.92. The molecule has 132 valence electrons. The first kappa shape index (κ1) is 17.6. The number of hydrogen-bond acceptors (Lipinski definition) is 3. The number of halogens is 7. The molecule has 0 amide bonds. The fourth-order valence-corrected chi connectivity index (χ4v) is 2.51. The Morgan fingerprint density at radius 3 is 2.04 bits per heavy atom. The van der Waals surface area contributed by atoms with Crippen LogP contribution in [-0.2, 0) is 12.4 Å². The summed E-state index contributed by atoms with van der Waals surface area (Å²) in [6.07, 6.45) is -9.84. The Morgan fingerprint density at radius 1 is 0.880 bits per heavy atom. The number of hydrogen-bond donors (Lipinski definition) is 1. The topological polar surface area (TPSA) is 38.1 Å². The van der Waals surface area contributed by atoms with Gasteiger partial charge in [0.15, 0.2) is 11.4 Å². The smallest absolute Gasteiger partial charge is 0.354 e. The normalized spacial score (nSPS) is 12.6. The van der Waals surface area contributed by atoms with Crippen LogP contribution in [0.2, 0.25) is 0 Å². The highest BCUT2D eigenvalue weighted by atomic mass is 79.9. The van der Waals surface area contributed by atoms with Crippen LogP contribution in [0, 0.1) is 0 Å². The zero-order chi connectivity index (χ0) is 18.4. The molecule has 2 aromatic carbocycles. The Hall–Kier alpha value is -2.23. The van der Waals surface area contributed by atoms with Crippen LogP contribution in [0.15, 0.2) is 45.4 Å². The molecule has 0 saturated carbocycles. The quantitative estimate of drug-likeness (QED) is 0.485. The van der Waals surface area contributed by atoms with E-state index < -0.39 is 29.2 Å². The van der Waals surface area contributed by atoms with Gasteiger partial charge < -0.3 is 9.84 Å². The van der Waals surface area contributed by atoms with Crippen molar-refractivity contribution in [2.45, 2.75) is 12.4 Å². The van der Waals surface area contributed by atoms with E-state index in [0.29, 0.717) is 27.6 Å². The van der Waals surface area contributed by atoms with Gasteiger partial charge in [0.2, 0.25) is 0 Å². The highest BCUT2D eigenvalue weighted by molar-refractivity contribution is 9.10. The summed E-state index contributed by atoms with van der Waals surface area (Å²) >= 11 is 3.21. The predicted molar refractivity (Wildman–Crippen MR) is 81.4 cm³/mol. The van der Waals surface area contributed by atoms with Gasteiger partial charge in [-0.15, -0.1) is 0 Å². The van der Waals surface area contributed by atoms with Gasteiger partial charge in [-0.3, -0.25) is 0 Å². The van der Waals surface area contributed by atoms with Crippen LogP contribution >= 0.6 is 15.9 Å². The molecule has 0 bridgehead atoms.